The van der Waals surface area contributed by atoms with Crippen molar-refractivity contribution in [2.45, 2.75) is 62.6 Å². The van der Waals surface area contributed by atoms with Crippen LogP contribution < -0.4 is 11.0 Å². The monoisotopic (exact) mass is 384 g/mol. The minimum absolute atomic E-state index is 0.0430. The van der Waals surface area contributed by atoms with Crippen molar-refractivity contribution >= 4 is 17.7 Å². The minimum Gasteiger partial charge on any atom is -0.353 e. The summed E-state index contributed by atoms with van der Waals surface area (Å²) in [6, 6.07) is 4.17. The first-order valence-electron chi connectivity index (χ1n) is 9.64. The maximum atomic E-state index is 12.6. The molecule has 0 aromatic carbocycles. The number of aromatic nitrogens is 3. The Kier molecular flexibility index (Phi) is 5.57. The summed E-state index contributed by atoms with van der Waals surface area (Å²) in [4.78, 5) is 33.2. The molecule has 0 spiro atoms. The molecule has 1 fully saturated rings. The maximum Gasteiger partial charge on any atom is 0.349 e. The topological polar surface area (TPSA) is 76.9 Å². The van der Waals surface area contributed by atoms with Crippen LogP contribution in [-0.2, 0) is 24.2 Å². The van der Waals surface area contributed by atoms with Crippen molar-refractivity contribution in [3.05, 3.63) is 51.8 Å². The molecule has 0 unspecified atom stereocenters. The Morgan fingerprint density at radius 2 is 1.96 bits per heavy atom. The molecule has 2 aliphatic carbocycles. The summed E-state index contributed by atoms with van der Waals surface area (Å²) in [5.41, 5.74) is 3.03. The van der Waals surface area contributed by atoms with E-state index in [-0.39, 0.29) is 11.6 Å². The zero-order chi connectivity index (χ0) is 18.6. The lowest BCUT2D eigenvalue weighted by atomic mass is 10.2. The molecule has 0 saturated heterocycles. The molecule has 2 aromatic rings. The van der Waals surface area contributed by atoms with E-state index in [1.807, 2.05) is 12.1 Å². The molecular weight excluding hydrogens is 360 g/mol. The van der Waals surface area contributed by atoms with Crippen LogP contribution in [0.5, 0.6) is 0 Å². The number of hydrogen-bond donors (Lipinski definition) is 1. The lowest BCUT2D eigenvalue weighted by Gasteiger charge is -2.15. The summed E-state index contributed by atoms with van der Waals surface area (Å²) >= 11 is 1.40. The Balaban J connectivity index is 1.49. The van der Waals surface area contributed by atoms with Crippen LogP contribution in [0, 0.1) is 0 Å². The van der Waals surface area contributed by atoms with Crippen molar-refractivity contribution in [2.24, 2.45) is 0 Å². The van der Waals surface area contributed by atoms with Crippen LogP contribution in [-0.4, -0.2) is 32.2 Å². The summed E-state index contributed by atoms with van der Waals surface area (Å²) < 4.78 is 1.78. The summed E-state index contributed by atoms with van der Waals surface area (Å²) in [5, 5.41) is 3.83. The highest BCUT2D eigenvalue weighted by molar-refractivity contribution is 7.99. The molecular formula is C20H24N4O2S. The lowest BCUT2D eigenvalue weighted by Crippen LogP contribution is -2.34. The summed E-state index contributed by atoms with van der Waals surface area (Å²) in [5.74, 6) is 0.366. The number of amides is 1. The van der Waals surface area contributed by atoms with E-state index in [0.717, 1.165) is 54.0 Å². The van der Waals surface area contributed by atoms with Crippen LogP contribution in [0.4, 0.5) is 0 Å². The predicted molar refractivity (Wildman–Crippen MR) is 105 cm³/mol. The van der Waals surface area contributed by atoms with Crippen molar-refractivity contribution in [1.29, 1.82) is 0 Å². The van der Waals surface area contributed by atoms with Gasteiger partial charge in [-0.25, -0.2) is 4.79 Å². The molecule has 0 radical (unpaired) electrons. The van der Waals surface area contributed by atoms with Crippen LogP contribution in [0.1, 0.15) is 48.9 Å². The van der Waals surface area contributed by atoms with Crippen molar-refractivity contribution in [3.8, 4) is 0 Å². The van der Waals surface area contributed by atoms with Crippen molar-refractivity contribution in [2.75, 3.05) is 5.75 Å². The quantitative estimate of drug-likeness (QED) is 0.611. The second-order valence-electron chi connectivity index (χ2n) is 7.26. The van der Waals surface area contributed by atoms with Crippen molar-refractivity contribution < 1.29 is 4.79 Å². The largest absolute Gasteiger partial charge is 0.353 e. The lowest BCUT2D eigenvalue weighted by molar-refractivity contribution is -0.119. The van der Waals surface area contributed by atoms with Gasteiger partial charge in [0.05, 0.1) is 12.3 Å². The molecule has 4 rings (SSSR count). The van der Waals surface area contributed by atoms with Gasteiger partial charge in [-0.05, 0) is 49.8 Å². The summed E-state index contributed by atoms with van der Waals surface area (Å²) in [7, 11) is 0. The molecule has 142 valence electrons. The molecule has 0 atom stereocenters. The Hall–Kier alpha value is -2.15. The molecule has 0 aliphatic heterocycles. The predicted octanol–water partition coefficient (Wildman–Crippen LogP) is 2.33. The third-order valence-corrected chi connectivity index (χ3v) is 6.37. The SMILES string of the molecule is O=C(CSc1nc(=O)n(Cc2ccncc2)c2c1CCC2)NC1CCCC1. The van der Waals surface area contributed by atoms with E-state index in [0.29, 0.717) is 18.3 Å². The van der Waals surface area contributed by atoms with E-state index >= 15 is 0 Å². The number of nitrogens with zero attached hydrogens (tertiary/aromatic N) is 3. The van der Waals surface area contributed by atoms with E-state index in [4.69, 9.17) is 0 Å². The molecule has 27 heavy (non-hydrogen) atoms. The fourth-order valence-corrected chi connectivity index (χ4v) is 4.90. The van der Waals surface area contributed by atoms with Crippen LogP contribution >= 0.6 is 11.8 Å². The van der Waals surface area contributed by atoms with Gasteiger partial charge in [0.1, 0.15) is 5.03 Å². The number of carbonyl (C=O) groups is 1. The number of fused-ring (bicyclic) bond motifs is 1. The Bertz CT molecular complexity index is 876. The smallest absolute Gasteiger partial charge is 0.349 e. The van der Waals surface area contributed by atoms with Gasteiger partial charge >= 0.3 is 5.69 Å². The second kappa shape index (κ2) is 8.25. The number of nitrogens with one attached hydrogen (secondary N) is 1. The van der Waals surface area contributed by atoms with Crippen LogP contribution in [0.3, 0.4) is 0 Å². The third kappa shape index (κ3) is 4.24. The van der Waals surface area contributed by atoms with Gasteiger partial charge in [-0.3, -0.25) is 14.3 Å². The molecule has 6 nitrogen and oxygen atoms in total. The standard InChI is InChI=1S/C20H24N4O2S/c25-18(22-15-4-1-2-5-15)13-27-19-16-6-3-7-17(16)24(20(26)23-19)12-14-8-10-21-11-9-14/h8-11,15H,1-7,12-13H2,(H,22,25). The Morgan fingerprint density at radius 1 is 1.19 bits per heavy atom. The van der Waals surface area contributed by atoms with Gasteiger partial charge in [0, 0.05) is 29.7 Å². The average Bonchev–Trinajstić information content (AvgIpc) is 3.35. The molecule has 1 N–H and O–H groups in total. The Morgan fingerprint density at radius 3 is 2.74 bits per heavy atom. The molecule has 2 aromatic heterocycles. The molecule has 2 heterocycles. The fraction of sp³-hybridized carbons (Fsp3) is 0.500. The second-order valence-corrected chi connectivity index (χ2v) is 8.22. The Labute approximate surface area is 162 Å². The van der Waals surface area contributed by atoms with Crippen LogP contribution in [0.15, 0.2) is 34.3 Å². The van der Waals surface area contributed by atoms with Gasteiger partial charge in [-0.1, -0.05) is 24.6 Å². The fourth-order valence-electron chi connectivity index (χ4n) is 4.01. The van der Waals surface area contributed by atoms with E-state index < -0.39 is 0 Å². The number of thioether (sulfide) groups is 1. The molecule has 1 saturated carbocycles. The number of carbonyl (C=O) groups excluding carboxylic acids is 1. The first kappa shape index (κ1) is 18.2. The van der Waals surface area contributed by atoms with Gasteiger partial charge in [-0.15, -0.1) is 0 Å². The zero-order valence-electron chi connectivity index (χ0n) is 15.3. The number of rotatable bonds is 6. The average molecular weight is 385 g/mol. The van der Waals surface area contributed by atoms with Gasteiger partial charge in [0.25, 0.3) is 0 Å². The normalized spacial score (nSPS) is 16.4. The highest BCUT2D eigenvalue weighted by atomic mass is 32.2. The van der Waals surface area contributed by atoms with Crippen molar-refractivity contribution in [3.63, 3.8) is 0 Å². The van der Waals surface area contributed by atoms with E-state index in [2.05, 4.69) is 15.3 Å². The van der Waals surface area contributed by atoms with Crippen LogP contribution in [0.25, 0.3) is 0 Å². The van der Waals surface area contributed by atoms with Gasteiger partial charge in [0.2, 0.25) is 5.91 Å². The summed E-state index contributed by atoms with van der Waals surface area (Å²) in [6.45, 7) is 0.518. The molecule has 0 bridgehead atoms. The molecule has 7 heteroatoms. The molecule has 1 amide bonds. The van der Waals surface area contributed by atoms with Gasteiger partial charge in [-0.2, -0.15) is 4.98 Å². The first-order chi connectivity index (χ1) is 13.2. The number of hydrogen-bond acceptors (Lipinski definition) is 5. The minimum atomic E-state index is -0.230. The zero-order valence-corrected chi connectivity index (χ0v) is 16.1. The van der Waals surface area contributed by atoms with Crippen LogP contribution in [0.2, 0.25) is 0 Å². The first-order valence-corrected chi connectivity index (χ1v) is 10.6. The highest BCUT2D eigenvalue weighted by Gasteiger charge is 2.23. The van der Waals surface area contributed by atoms with E-state index in [9.17, 15) is 9.59 Å². The third-order valence-electron chi connectivity index (χ3n) is 5.35. The van der Waals surface area contributed by atoms with Crippen molar-refractivity contribution in [1.82, 2.24) is 19.9 Å². The van der Waals surface area contributed by atoms with E-state index in [1.165, 1.54) is 24.6 Å². The maximum absolute atomic E-state index is 12.6. The highest BCUT2D eigenvalue weighted by Crippen LogP contribution is 2.29. The summed E-state index contributed by atoms with van der Waals surface area (Å²) in [6.07, 6.45) is 10.9. The van der Waals surface area contributed by atoms with E-state index in [1.54, 1.807) is 17.0 Å². The van der Waals surface area contributed by atoms with Gasteiger partial charge in [0.15, 0.2) is 0 Å². The number of pyridine rings is 1. The van der Waals surface area contributed by atoms with Gasteiger partial charge < -0.3 is 5.32 Å². The molecule has 2 aliphatic rings.